The van der Waals surface area contributed by atoms with Gasteiger partial charge in [-0.05, 0) is 48.2 Å². The van der Waals surface area contributed by atoms with Crippen LogP contribution in [-0.2, 0) is 10.4 Å². The molecule has 0 aromatic heterocycles. The summed E-state index contributed by atoms with van der Waals surface area (Å²) >= 11 is 12.2. The first kappa shape index (κ1) is 22.7. The highest BCUT2D eigenvalue weighted by molar-refractivity contribution is 6.30. The molecule has 8 heteroatoms. The van der Waals surface area contributed by atoms with Crippen molar-refractivity contribution >= 4 is 29.0 Å². The van der Waals surface area contributed by atoms with Gasteiger partial charge in [-0.15, -0.1) is 5.59 Å². The molecule has 1 saturated carbocycles. The topological polar surface area (TPSA) is 91.9 Å². The number of amidine groups is 1. The van der Waals surface area contributed by atoms with E-state index in [0.29, 0.717) is 10.0 Å². The maximum absolute atomic E-state index is 10.9. The third kappa shape index (κ3) is 5.48. The number of nitrogens with one attached hydrogen (secondary N) is 2. The van der Waals surface area contributed by atoms with E-state index in [1.165, 1.54) is 0 Å². The molecule has 0 amide bonds. The van der Waals surface area contributed by atoms with E-state index in [4.69, 9.17) is 33.8 Å². The van der Waals surface area contributed by atoms with Gasteiger partial charge in [-0.1, -0.05) is 77.8 Å². The Bertz CT molecular complexity index is 1070. The SMILES string of the molecule is NC(=NC(O)C(NNOC1(c2ccc(Cl)cc2)CC1)c1cccc(Cl)c1)c1ccccc1. The van der Waals surface area contributed by atoms with Gasteiger partial charge in [0.15, 0.2) is 6.23 Å². The summed E-state index contributed by atoms with van der Waals surface area (Å²) in [7, 11) is 0. The Labute approximate surface area is 197 Å². The van der Waals surface area contributed by atoms with Gasteiger partial charge in [0, 0.05) is 15.6 Å². The van der Waals surface area contributed by atoms with Crippen LogP contribution >= 0.6 is 23.2 Å². The van der Waals surface area contributed by atoms with Crippen LogP contribution in [0.3, 0.4) is 0 Å². The van der Waals surface area contributed by atoms with Gasteiger partial charge in [0.2, 0.25) is 0 Å². The lowest BCUT2D eigenvalue weighted by atomic mass is 10.1. The van der Waals surface area contributed by atoms with E-state index >= 15 is 0 Å². The molecule has 1 fully saturated rings. The third-order valence-electron chi connectivity index (χ3n) is 5.38. The standard InChI is InChI=1S/C24H24Cl2N4O2/c25-19-11-9-18(10-12-19)24(13-14-24)32-30-29-21(17-7-4-8-20(26)15-17)23(31)28-22(27)16-5-2-1-3-6-16/h1-12,15,21,23,29-31H,13-14H2,(H2,27,28). The average Bonchev–Trinajstić information content (AvgIpc) is 3.58. The third-order valence-corrected chi connectivity index (χ3v) is 5.87. The molecule has 1 aliphatic carbocycles. The fourth-order valence-electron chi connectivity index (χ4n) is 3.44. The van der Waals surface area contributed by atoms with Crippen LogP contribution < -0.4 is 16.7 Å². The highest BCUT2D eigenvalue weighted by Gasteiger charge is 2.46. The number of aliphatic hydroxyl groups is 1. The van der Waals surface area contributed by atoms with Crippen molar-refractivity contribution in [3.05, 3.63) is 106 Å². The van der Waals surface area contributed by atoms with Gasteiger partial charge in [-0.2, -0.15) is 0 Å². The lowest BCUT2D eigenvalue weighted by Crippen LogP contribution is -2.43. The number of rotatable bonds is 9. The van der Waals surface area contributed by atoms with Crippen LogP contribution in [0.1, 0.15) is 35.6 Å². The zero-order chi connectivity index (χ0) is 22.6. The molecule has 0 bridgehead atoms. The lowest BCUT2D eigenvalue weighted by molar-refractivity contribution is -0.0829. The molecule has 6 nitrogen and oxygen atoms in total. The monoisotopic (exact) mass is 470 g/mol. The van der Waals surface area contributed by atoms with E-state index in [1.807, 2.05) is 60.7 Å². The average molecular weight is 471 g/mol. The highest BCUT2D eigenvalue weighted by Crippen LogP contribution is 2.48. The molecule has 166 valence electrons. The van der Waals surface area contributed by atoms with Gasteiger partial charge in [0.25, 0.3) is 0 Å². The van der Waals surface area contributed by atoms with Crippen molar-refractivity contribution in [3.63, 3.8) is 0 Å². The molecule has 0 radical (unpaired) electrons. The number of hydrazine groups is 1. The summed E-state index contributed by atoms with van der Waals surface area (Å²) in [6.45, 7) is 0. The Morgan fingerprint density at radius 3 is 2.34 bits per heavy atom. The summed E-state index contributed by atoms with van der Waals surface area (Å²) in [6.07, 6.45) is 0.537. The normalized spacial score (nSPS) is 17.0. The second-order valence-corrected chi connectivity index (χ2v) is 8.55. The molecule has 32 heavy (non-hydrogen) atoms. The number of aliphatic hydroxyl groups excluding tert-OH is 1. The Morgan fingerprint density at radius 2 is 1.69 bits per heavy atom. The molecular formula is C24H24Cl2N4O2. The Hall–Kier alpha value is -2.45. The van der Waals surface area contributed by atoms with Crippen LogP contribution in [0.25, 0.3) is 0 Å². The molecule has 0 saturated heterocycles. The van der Waals surface area contributed by atoms with Gasteiger partial charge < -0.3 is 10.8 Å². The van der Waals surface area contributed by atoms with Crippen molar-refractivity contribution < 1.29 is 9.94 Å². The van der Waals surface area contributed by atoms with Crippen LogP contribution in [-0.4, -0.2) is 17.2 Å². The van der Waals surface area contributed by atoms with Crippen LogP contribution in [0, 0.1) is 0 Å². The van der Waals surface area contributed by atoms with E-state index in [2.05, 4.69) is 16.0 Å². The first-order valence-corrected chi connectivity index (χ1v) is 11.0. The van der Waals surface area contributed by atoms with Gasteiger partial charge in [-0.25, -0.2) is 10.4 Å². The Morgan fingerprint density at radius 1 is 0.969 bits per heavy atom. The van der Waals surface area contributed by atoms with Crippen LogP contribution in [0.2, 0.25) is 10.0 Å². The Balaban J connectivity index is 1.49. The summed E-state index contributed by atoms with van der Waals surface area (Å²) in [5.41, 5.74) is 14.0. The van der Waals surface area contributed by atoms with Crippen molar-refractivity contribution in [3.8, 4) is 0 Å². The molecular weight excluding hydrogens is 447 g/mol. The summed E-state index contributed by atoms with van der Waals surface area (Å²) in [4.78, 5) is 10.2. The zero-order valence-corrected chi connectivity index (χ0v) is 18.7. The first-order chi connectivity index (χ1) is 15.5. The highest BCUT2D eigenvalue weighted by atomic mass is 35.5. The number of halogens is 2. The number of aliphatic imine (C=N–C) groups is 1. The van der Waals surface area contributed by atoms with Crippen molar-refractivity contribution in [2.45, 2.75) is 30.7 Å². The minimum Gasteiger partial charge on any atom is -0.383 e. The number of benzene rings is 3. The molecule has 4 rings (SSSR count). The summed E-state index contributed by atoms with van der Waals surface area (Å²) in [5.74, 6) is 0.229. The van der Waals surface area contributed by atoms with E-state index in [9.17, 15) is 5.11 Å². The molecule has 0 aliphatic heterocycles. The second-order valence-electron chi connectivity index (χ2n) is 7.68. The van der Waals surface area contributed by atoms with E-state index < -0.39 is 17.9 Å². The minimum absolute atomic E-state index is 0.229. The van der Waals surface area contributed by atoms with Gasteiger partial charge in [-0.3, -0.25) is 4.84 Å². The smallest absolute Gasteiger partial charge is 0.168 e. The number of hydrogen-bond donors (Lipinski definition) is 4. The van der Waals surface area contributed by atoms with E-state index in [-0.39, 0.29) is 5.84 Å². The molecule has 0 heterocycles. The van der Waals surface area contributed by atoms with Crippen LogP contribution in [0.5, 0.6) is 0 Å². The fourth-order valence-corrected chi connectivity index (χ4v) is 3.76. The molecule has 5 N–H and O–H groups in total. The quantitative estimate of drug-likeness (QED) is 0.210. The van der Waals surface area contributed by atoms with Crippen molar-refractivity contribution in [1.82, 2.24) is 11.0 Å². The van der Waals surface area contributed by atoms with Gasteiger partial charge >= 0.3 is 0 Å². The summed E-state index contributed by atoms with van der Waals surface area (Å²) < 4.78 is 0. The molecule has 0 spiro atoms. The number of hydrogen-bond acceptors (Lipinski definition) is 5. The predicted molar refractivity (Wildman–Crippen MR) is 127 cm³/mol. The van der Waals surface area contributed by atoms with Crippen molar-refractivity contribution in [2.24, 2.45) is 10.7 Å². The van der Waals surface area contributed by atoms with E-state index in [1.54, 1.807) is 18.2 Å². The Kier molecular flexibility index (Phi) is 7.10. The van der Waals surface area contributed by atoms with Crippen LogP contribution in [0.15, 0.2) is 83.9 Å². The largest absolute Gasteiger partial charge is 0.383 e. The van der Waals surface area contributed by atoms with Crippen LogP contribution in [0.4, 0.5) is 0 Å². The maximum Gasteiger partial charge on any atom is 0.168 e. The zero-order valence-electron chi connectivity index (χ0n) is 17.2. The molecule has 2 atom stereocenters. The maximum atomic E-state index is 10.9. The minimum atomic E-state index is -1.20. The molecule has 2 unspecified atom stereocenters. The molecule has 3 aromatic carbocycles. The van der Waals surface area contributed by atoms with Gasteiger partial charge in [0.1, 0.15) is 11.4 Å². The van der Waals surface area contributed by atoms with Crippen molar-refractivity contribution in [1.29, 1.82) is 0 Å². The summed E-state index contributed by atoms with van der Waals surface area (Å²) in [5, 5.41) is 12.1. The van der Waals surface area contributed by atoms with Crippen molar-refractivity contribution in [2.75, 3.05) is 0 Å². The number of nitrogens with two attached hydrogens (primary N) is 1. The second kappa shape index (κ2) is 10.0. The molecule has 3 aromatic rings. The molecule has 1 aliphatic rings. The van der Waals surface area contributed by atoms with E-state index in [0.717, 1.165) is 29.5 Å². The number of nitrogens with zero attached hydrogens (tertiary/aromatic N) is 1. The summed E-state index contributed by atoms with van der Waals surface area (Å²) in [6, 6.07) is 23.3. The predicted octanol–water partition coefficient (Wildman–Crippen LogP) is 4.47. The lowest BCUT2D eigenvalue weighted by Gasteiger charge is -2.25. The fraction of sp³-hybridized carbons (Fsp3) is 0.208. The first-order valence-electron chi connectivity index (χ1n) is 10.2. The van der Waals surface area contributed by atoms with Gasteiger partial charge in [0.05, 0.1) is 6.04 Å².